The summed E-state index contributed by atoms with van der Waals surface area (Å²) < 4.78 is 45.9. The van der Waals surface area contributed by atoms with Crippen molar-refractivity contribution in [3.63, 3.8) is 0 Å². The molecule has 0 spiro atoms. The van der Waals surface area contributed by atoms with Crippen molar-refractivity contribution < 1.29 is 17.9 Å². The molecule has 1 atom stereocenters. The highest BCUT2D eigenvalue weighted by Gasteiger charge is 2.48. The van der Waals surface area contributed by atoms with Gasteiger partial charge in [-0.3, -0.25) is 4.90 Å². The number of nitrogens with zero attached hydrogens (tertiary/aromatic N) is 1. The van der Waals surface area contributed by atoms with Crippen molar-refractivity contribution in [3.8, 4) is 5.75 Å². The van der Waals surface area contributed by atoms with Crippen LogP contribution in [0.25, 0.3) is 0 Å². The molecule has 0 amide bonds. The van der Waals surface area contributed by atoms with E-state index in [2.05, 4.69) is 17.0 Å². The molecular weight excluding hydrogens is 351 g/mol. The molecule has 2 aromatic rings. The Kier molecular flexibility index (Phi) is 5.52. The summed E-state index contributed by atoms with van der Waals surface area (Å²) in [6, 6.07) is 15.4. The second-order valence-corrected chi connectivity index (χ2v) is 7.69. The zero-order valence-corrected chi connectivity index (χ0v) is 16.0. The molecule has 0 bridgehead atoms. The number of rotatable bonds is 5. The number of halogens is 3. The molecular formula is C22H26F3NO. The Labute approximate surface area is 159 Å². The molecule has 0 N–H and O–H groups in total. The summed E-state index contributed by atoms with van der Waals surface area (Å²) in [6.07, 6.45) is -2.17. The summed E-state index contributed by atoms with van der Waals surface area (Å²) in [5.41, 5.74) is 0.412. The molecule has 0 aromatic heterocycles. The van der Waals surface area contributed by atoms with Gasteiger partial charge in [0, 0.05) is 18.2 Å². The predicted octanol–water partition coefficient (Wildman–Crippen LogP) is 5.87. The van der Waals surface area contributed by atoms with Gasteiger partial charge in [-0.2, -0.15) is 13.2 Å². The first kappa shape index (κ1) is 19.7. The Morgan fingerprint density at radius 1 is 1.07 bits per heavy atom. The monoisotopic (exact) mass is 377 g/mol. The lowest BCUT2D eigenvalue weighted by Gasteiger charge is -2.30. The Balaban J connectivity index is 1.90. The van der Waals surface area contributed by atoms with Gasteiger partial charge in [-0.05, 0) is 56.5 Å². The molecule has 2 aromatic carbocycles. The molecule has 2 nitrogen and oxygen atoms in total. The van der Waals surface area contributed by atoms with E-state index in [0.717, 1.165) is 24.9 Å². The molecule has 1 unspecified atom stereocenters. The van der Waals surface area contributed by atoms with Crippen molar-refractivity contribution in [3.05, 3.63) is 65.2 Å². The number of alkyl halides is 3. The smallest absolute Gasteiger partial charge is 0.397 e. The van der Waals surface area contributed by atoms with E-state index in [1.165, 1.54) is 25.5 Å². The summed E-state index contributed by atoms with van der Waals surface area (Å²) >= 11 is 0. The van der Waals surface area contributed by atoms with Gasteiger partial charge in [0.1, 0.15) is 5.75 Å². The Bertz CT molecular complexity index is 771. The van der Waals surface area contributed by atoms with Gasteiger partial charge in [0.25, 0.3) is 0 Å². The molecule has 3 rings (SSSR count). The summed E-state index contributed by atoms with van der Waals surface area (Å²) in [4.78, 5) is 2.33. The van der Waals surface area contributed by atoms with Crippen molar-refractivity contribution in [1.29, 1.82) is 0 Å². The molecule has 1 saturated heterocycles. The molecule has 0 radical (unpaired) electrons. The van der Waals surface area contributed by atoms with Crippen LogP contribution in [0.15, 0.2) is 48.5 Å². The maximum absolute atomic E-state index is 13.5. The summed E-state index contributed by atoms with van der Waals surface area (Å²) in [7, 11) is 1.56. The van der Waals surface area contributed by atoms with Crippen LogP contribution < -0.4 is 4.74 Å². The van der Waals surface area contributed by atoms with Crippen molar-refractivity contribution in [2.45, 2.75) is 50.9 Å². The van der Waals surface area contributed by atoms with Crippen LogP contribution in [-0.2, 0) is 12.0 Å². The van der Waals surface area contributed by atoms with Crippen molar-refractivity contribution in [1.82, 2.24) is 4.90 Å². The average Bonchev–Trinajstić information content (AvgIpc) is 3.09. The molecule has 1 aliphatic rings. The van der Waals surface area contributed by atoms with Gasteiger partial charge >= 0.3 is 6.18 Å². The third-order valence-corrected chi connectivity index (χ3v) is 5.63. The van der Waals surface area contributed by atoms with Gasteiger partial charge in [-0.25, -0.2) is 0 Å². The lowest BCUT2D eigenvalue weighted by Crippen LogP contribution is -2.36. The van der Waals surface area contributed by atoms with Crippen molar-refractivity contribution >= 4 is 0 Å². The van der Waals surface area contributed by atoms with Crippen molar-refractivity contribution in [2.24, 2.45) is 0 Å². The fraction of sp³-hybridized carbons (Fsp3) is 0.455. The predicted molar refractivity (Wildman–Crippen MR) is 101 cm³/mol. The first-order chi connectivity index (χ1) is 12.7. The van der Waals surface area contributed by atoms with Crippen LogP contribution in [0.3, 0.4) is 0 Å². The Morgan fingerprint density at radius 3 is 2.41 bits per heavy atom. The number of likely N-dealkylation sites (tertiary alicyclic amines) is 1. The first-order valence-electron chi connectivity index (χ1n) is 9.27. The van der Waals surface area contributed by atoms with Gasteiger partial charge in [-0.15, -0.1) is 0 Å². The maximum Gasteiger partial charge on any atom is 0.397 e. The van der Waals surface area contributed by atoms with Crippen molar-refractivity contribution in [2.75, 3.05) is 13.7 Å². The normalized spacial score (nSPS) is 18.7. The van der Waals surface area contributed by atoms with E-state index in [1.54, 1.807) is 19.2 Å². The van der Waals surface area contributed by atoms with Gasteiger partial charge in [-0.1, -0.05) is 36.4 Å². The highest BCUT2D eigenvalue weighted by Crippen LogP contribution is 2.42. The molecule has 1 heterocycles. The largest absolute Gasteiger partial charge is 0.496 e. The Hall–Kier alpha value is -2.01. The standard InChI is InChI=1S/C22H26F3NO/c1-21(2,22(23,24)25)18-11-12-20(27-3)17(14-18)15-26-13-7-10-19(26)16-8-5-4-6-9-16/h4-6,8-9,11-12,14,19H,7,10,13,15H2,1-3H3. The summed E-state index contributed by atoms with van der Waals surface area (Å²) in [6.45, 7) is 3.95. The lowest BCUT2D eigenvalue weighted by atomic mass is 9.83. The molecule has 0 aliphatic carbocycles. The zero-order valence-electron chi connectivity index (χ0n) is 16.0. The van der Waals surface area contributed by atoms with Crippen LogP contribution in [0.5, 0.6) is 5.75 Å². The summed E-state index contributed by atoms with van der Waals surface area (Å²) in [5, 5.41) is 0. The fourth-order valence-corrected chi connectivity index (χ4v) is 3.74. The Morgan fingerprint density at radius 2 is 1.78 bits per heavy atom. The van der Waals surface area contributed by atoms with E-state index in [-0.39, 0.29) is 11.6 Å². The van der Waals surface area contributed by atoms with Crippen LogP contribution in [-0.4, -0.2) is 24.7 Å². The molecule has 0 saturated carbocycles. The van der Waals surface area contributed by atoms with E-state index in [9.17, 15) is 13.2 Å². The fourth-order valence-electron chi connectivity index (χ4n) is 3.74. The van der Waals surface area contributed by atoms with Crippen LogP contribution in [0.2, 0.25) is 0 Å². The number of ether oxygens (including phenoxy) is 1. The molecule has 146 valence electrons. The molecule has 1 fully saturated rings. The van der Waals surface area contributed by atoms with E-state index in [1.807, 2.05) is 18.2 Å². The third-order valence-electron chi connectivity index (χ3n) is 5.63. The van der Waals surface area contributed by atoms with Gasteiger partial charge in [0.2, 0.25) is 0 Å². The SMILES string of the molecule is COc1ccc(C(C)(C)C(F)(F)F)cc1CN1CCCC1c1ccccc1. The average molecular weight is 377 g/mol. The highest BCUT2D eigenvalue weighted by molar-refractivity contribution is 5.41. The molecule has 5 heteroatoms. The van der Waals surface area contributed by atoms with Crippen LogP contribution in [0.1, 0.15) is 49.4 Å². The molecule has 1 aliphatic heterocycles. The number of benzene rings is 2. The van der Waals surface area contributed by atoms with Gasteiger partial charge in [0.15, 0.2) is 0 Å². The van der Waals surface area contributed by atoms with Crippen LogP contribution >= 0.6 is 0 Å². The minimum Gasteiger partial charge on any atom is -0.496 e. The van der Waals surface area contributed by atoms with Gasteiger partial charge in [0.05, 0.1) is 12.5 Å². The second kappa shape index (κ2) is 7.55. The molecule has 27 heavy (non-hydrogen) atoms. The first-order valence-corrected chi connectivity index (χ1v) is 9.27. The van der Waals surface area contributed by atoms with Crippen LogP contribution in [0.4, 0.5) is 13.2 Å². The maximum atomic E-state index is 13.5. The van der Waals surface area contributed by atoms with E-state index in [0.29, 0.717) is 12.3 Å². The minimum atomic E-state index is -4.31. The lowest BCUT2D eigenvalue weighted by molar-refractivity contribution is -0.180. The van der Waals surface area contributed by atoms with E-state index < -0.39 is 11.6 Å². The second-order valence-electron chi connectivity index (χ2n) is 7.69. The van der Waals surface area contributed by atoms with Gasteiger partial charge < -0.3 is 4.74 Å². The quantitative estimate of drug-likeness (QED) is 0.646. The van der Waals surface area contributed by atoms with E-state index >= 15 is 0 Å². The number of methoxy groups -OCH3 is 1. The third kappa shape index (κ3) is 3.98. The topological polar surface area (TPSA) is 12.5 Å². The zero-order chi connectivity index (χ0) is 19.7. The number of hydrogen-bond donors (Lipinski definition) is 0. The van der Waals surface area contributed by atoms with E-state index in [4.69, 9.17) is 4.74 Å². The summed E-state index contributed by atoms with van der Waals surface area (Å²) in [5.74, 6) is 0.635. The highest BCUT2D eigenvalue weighted by atomic mass is 19.4. The van der Waals surface area contributed by atoms with Crippen LogP contribution in [0, 0.1) is 0 Å². The minimum absolute atomic E-state index is 0.265. The number of hydrogen-bond acceptors (Lipinski definition) is 2.